The van der Waals surface area contributed by atoms with Gasteiger partial charge >= 0.3 is 0 Å². The van der Waals surface area contributed by atoms with Crippen LogP contribution in [0, 0.1) is 0 Å². The second-order valence-electron chi connectivity index (χ2n) is 7.19. The minimum atomic E-state index is -0.0865. The third-order valence-electron chi connectivity index (χ3n) is 4.84. The molecule has 2 N–H and O–H groups in total. The van der Waals surface area contributed by atoms with Crippen LogP contribution < -0.4 is 10.1 Å². The highest BCUT2D eigenvalue weighted by Crippen LogP contribution is 2.27. The maximum absolute atomic E-state index is 12.3. The normalized spacial score (nSPS) is 10.9. The van der Waals surface area contributed by atoms with Crippen LogP contribution in [0.2, 0.25) is 4.34 Å². The fourth-order valence-electron chi connectivity index (χ4n) is 3.34. The van der Waals surface area contributed by atoms with Crippen LogP contribution in [0.4, 0.5) is 5.69 Å². The van der Waals surface area contributed by atoms with Gasteiger partial charge in [-0.05, 0) is 66.7 Å². The molecule has 0 saturated carbocycles. The lowest BCUT2D eigenvalue weighted by atomic mass is 10.2. The average molecular weight is 460 g/mol. The number of amides is 1. The number of para-hydroxylation sites is 1. The Kier molecular flexibility index (Phi) is 5.62. The fourth-order valence-corrected chi connectivity index (χ4v) is 4.43. The van der Waals surface area contributed by atoms with Crippen molar-refractivity contribution in [1.29, 1.82) is 0 Å². The molecule has 158 valence electrons. The number of H-pyrrole nitrogens is 1. The molecule has 2 heterocycles. The second-order valence-corrected chi connectivity index (χ2v) is 8.99. The highest BCUT2D eigenvalue weighted by atomic mass is 35.5. The van der Waals surface area contributed by atoms with E-state index in [9.17, 15) is 4.79 Å². The van der Waals surface area contributed by atoms with Crippen molar-refractivity contribution in [3.8, 4) is 22.9 Å². The average Bonchev–Trinajstić information content (AvgIpc) is 3.40. The van der Waals surface area contributed by atoms with E-state index in [1.54, 1.807) is 6.07 Å². The van der Waals surface area contributed by atoms with E-state index >= 15 is 0 Å². The summed E-state index contributed by atoms with van der Waals surface area (Å²) in [5.41, 5.74) is 3.34. The number of ether oxygens (including phenoxy) is 1. The van der Waals surface area contributed by atoms with Crippen LogP contribution >= 0.6 is 22.9 Å². The first-order chi connectivity index (χ1) is 15.6. The van der Waals surface area contributed by atoms with Crippen molar-refractivity contribution in [3.05, 3.63) is 94.1 Å². The number of hydrogen-bond acceptors (Lipinski definition) is 4. The van der Waals surface area contributed by atoms with Gasteiger partial charge in [-0.1, -0.05) is 29.8 Å². The number of aromatic nitrogens is 2. The van der Waals surface area contributed by atoms with Gasteiger partial charge in [-0.2, -0.15) is 0 Å². The smallest absolute Gasteiger partial charge is 0.229 e. The van der Waals surface area contributed by atoms with Gasteiger partial charge in [0, 0.05) is 16.1 Å². The summed E-state index contributed by atoms with van der Waals surface area (Å²) in [7, 11) is 0. The van der Waals surface area contributed by atoms with E-state index in [4.69, 9.17) is 16.3 Å². The molecule has 1 amide bonds. The molecule has 5 aromatic rings. The number of benzene rings is 3. The van der Waals surface area contributed by atoms with Crippen LogP contribution in [-0.4, -0.2) is 15.9 Å². The van der Waals surface area contributed by atoms with Crippen LogP contribution in [0.3, 0.4) is 0 Å². The maximum atomic E-state index is 12.3. The zero-order chi connectivity index (χ0) is 21.9. The monoisotopic (exact) mass is 459 g/mol. The number of imidazole rings is 1. The fraction of sp³-hybridized carbons (Fsp3) is 0.0400. The first-order valence-electron chi connectivity index (χ1n) is 9.99. The van der Waals surface area contributed by atoms with E-state index in [1.165, 1.54) is 11.3 Å². The number of rotatable bonds is 6. The Labute approximate surface area is 193 Å². The lowest BCUT2D eigenvalue weighted by Crippen LogP contribution is -2.13. The van der Waals surface area contributed by atoms with Crippen molar-refractivity contribution < 1.29 is 9.53 Å². The highest BCUT2D eigenvalue weighted by molar-refractivity contribution is 7.16. The number of fused-ring (bicyclic) bond motifs is 1. The number of halogens is 1. The first kappa shape index (κ1) is 20.3. The number of nitrogens with zero attached hydrogens (tertiary/aromatic N) is 1. The molecule has 0 aliphatic carbocycles. The van der Waals surface area contributed by atoms with Crippen LogP contribution in [0.15, 0.2) is 84.9 Å². The van der Waals surface area contributed by atoms with E-state index in [-0.39, 0.29) is 5.91 Å². The minimum Gasteiger partial charge on any atom is -0.457 e. The van der Waals surface area contributed by atoms with Crippen molar-refractivity contribution in [3.63, 3.8) is 0 Å². The zero-order valence-corrected chi connectivity index (χ0v) is 18.4. The molecule has 0 aliphatic heterocycles. The largest absolute Gasteiger partial charge is 0.457 e. The van der Waals surface area contributed by atoms with Crippen LogP contribution in [0.5, 0.6) is 11.5 Å². The zero-order valence-electron chi connectivity index (χ0n) is 16.8. The third kappa shape index (κ3) is 4.66. The molecule has 0 atom stereocenters. The second kappa shape index (κ2) is 8.86. The van der Waals surface area contributed by atoms with Gasteiger partial charge in [-0.3, -0.25) is 4.79 Å². The molecule has 0 bridgehead atoms. The molecule has 32 heavy (non-hydrogen) atoms. The molecule has 5 rings (SSSR count). The van der Waals surface area contributed by atoms with E-state index in [2.05, 4.69) is 15.3 Å². The SMILES string of the molecule is O=C(Cc1ccc(Cl)s1)Nc1ccc2nc(-c3ccc(Oc4ccccc4)cc3)[nH]c2c1. The Bertz CT molecular complexity index is 1380. The predicted octanol–water partition coefficient (Wildman–Crippen LogP) is 6.92. The molecule has 0 aliphatic rings. The Morgan fingerprint density at radius 2 is 1.75 bits per heavy atom. The van der Waals surface area contributed by atoms with Gasteiger partial charge in [0.1, 0.15) is 17.3 Å². The summed E-state index contributed by atoms with van der Waals surface area (Å²) >= 11 is 7.35. The number of anilines is 1. The van der Waals surface area contributed by atoms with Gasteiger partial charge in [0.15, 0.2) is 0 Å². The Morgan fingerprint density at radius 3 is 2.50 bits per heavy atom. The Hall–Kier alpha value is -3.61. The van der Waals surface area contributed by atoms with Crippen molar-refractivity contribution in [2.24, 2.45) is 0 Å². The topological polar surface area (TPSA) is 67.0 Å². The van der Waals surface area contributed by atoms with E-state index in [0.29, 0.717) is 16.4 Å². The van der Waals surface area contributed by atoms with Crippen molar-refractivity contribution in [2.45, 2.75) is 6.42 Å². The number of thiophene rings is 1. The molecule has 0 unspecified atom stereocenters. The minimum absolute atomic E-state index is 0.0865. The summed E-state index contributed by atoms with van der Waals surface area (Å²) < 4.78 is 6.53. The lowest BCUT2D eigenvalue weighted by molar-refractivity contribution is -0.115. The third-order valence-corrected chi connectivity index (χ3v) is 6.07. The van der Waals surface area contributed by atoms with Gasteiger partial charge in [-0.25, -0.2) is 4.98 Å². The number of carbonyl (C=O) groups excluding carboxylic acids is 1. The van der Waals surface area contributed by atoms with Crippen LogP contribution in [0.25, 0.3) is 22.4 Å². The Morgan fingerprint density at radius 1 is 0.969 bits per heavy atom. The maximum Gasteiger partial charge on any atom is 0.229 e. The molecule has 0 spiro atoms. The quantitative estimate of drug-likeness (QED) is 0.289. The molecule has 7 heteroatoms. The van der Waals surface area contributed by atoms with Crippen molar-refractivity contribution in [1.82, 2.24) is 9.97 Å². The van der Waals surface area contributed by atoms with E-state index in [0.717, 1.165) is 38.8 Å². The number of hydrogen-bond donors (Lipinski definition) is 2. The summed E-state index contributed by atoms with van der Waals surface area (Å²) in [6.07, 6.45) is 0.293. The van der Waals surface area contributed by atoms with Gasteiger partial charge in [0.25, 0.3) is 0 Å². The molecular formula is C25H18ClN3O2S. The van der Waals surface area contributed by atoms with Gasteiger partial charge in [-0.15, -0.1) is 11.3 Å². The molecule has 5 nitrogen and oxygen atoms in total. The first-order valence-corrected chi connectivity index (χ1v) is 11.2. The highest BCUT2D eigenvalue weighted by Gasteiger charge is 2.10. The van der Waals surface area contributed by atoms with Crippen molar-refractivity contribution >= 4 is 45.6 Å². The molecule has 0 radical (unpaired) electrons. The summed E-state index contributed by atoms with van der Waals surface area (Å²) in [5, 5.41) is 2.93. The summed E-state index contributed by atoms with van der Waals surface area (Å²) in [5.74, 6) is 2.22. The van der Waals surface area contributed by atoms with Gasteiger partial charge < -0.3 is 15.0 Å². The lowest BCUT2D eigenvalue weighted by Gasteiger charge is -2.05. The number of carbonyl (C=O) groups is 1. The predicted molar refractivity (Wildman–Crippen MR) is 130 cm³/mol. The Balaban J connectivity index is 1.29. The number of aromatic amines is 1. The summed E-state index contributed by atoms with van der Waals surface area (Å²) in [4.78, 5) is 21.3. The standard InChI is InChI=1S/C25H18ClN3O2S/c26-23-13-11-20(32-23)15-24(30)27-17-8-12-21-22(14-17)29-25(28-21)16-6-9-19(10-7-16)31-18-4-2-1-3-5-18/h1-14H,15H2,(H,27,30)(H,28,29). The number of nitrogens with one attached hydrogen (secondary N) is 2. The molecule has 3 aromatic carbocycles. The molecule has 2 aromatic heterocycles. The molecule has 0 fully saturated rings. The van der Waals surface area contributed by atoms with Crippen LogP contribution in [0.1, 0.15) is 4.88 Å². The van der Waals surface area contributed by atoms with Crippen LogP contribution in [-0.2, 0) is 11.2 Å². The van der Waals surface area contributed by atoms with Crippen molar-refractivity contribution in [2.75, 3.05) is 5.32 Å². The summed E-state index contributed by atoms with van der Waals surface area (Å²) in [6.45, 7) is 0. The van der Waals surface area contributed by atoms with E-state index < -0.39 is 0 Å². The molecule has 0 saturated heterocycles. The molecular weight excluding hydrogens is 442 g/mol. The summed E-state index contributed by atoms with van der Waals surface area (Å²) in [6, 6.07) is 26.7. The van der Waals surface area contributed by atoms with Gasteiger partial charge in [0.05, 0.1) is 21.8 Å². The van der Waals surface area contributed by atoms with E-state index in [1.807, 2.05) is 78.9 Å². The van der Waals surface area contributed by atoms with Gasteiger partial charge in [0.2, 0.25) is 5.91 Å².